The van der Waals surface area contributed by atoms with Gasteiger partial charge in [0.15, 0.2) is 0 Å². The molecule has 5 heteroatoms. The van der Waals surface area contributed by atoms with Gasteiger partial charge in [0.25, 0.3) is 0 Å². The summed E-state index contributed by atoms with van der Waals surface area (Å²) in [5.74, 6) is 2.78. The average molecular weight is 446 g/mol. The predicted molar refractivity (Wildman–Crippen MR) is 134 cm³/mol. The molecule has 174 valence electrons. The lowest BCUT2D eigenvalue weighted by molar-refractivity contribution is -0.127. The van der Waals surface area contributed by atoms with Gasteiger partial charge in [-0.1, -0.05) is 44.2 Å². The molecule has 33 heavy (non-hydrogen) atoms. The SMILES string of the molecule is C=CCN1CC(c2nc3ccccc3n2CCCCOc2cc(C)ccc2C(C)C)CC1=O. The second-order valence-electron chi connectivity index (χ2n) is 9.35. The molecule has 0 radical (unpaired) electrons. The molecule has 2 heterocycles. The van der Waals surface area contributed by atoms with Crippen molar-refractivity contribution in [3.63, 3.8) is 0 Å². The number of amides is 1. The minimum Gasteiger partial charge on any atom is -0.493 e. The van der Waals surface area contributed by atoms with E-state index in [2.05, 4.69) is 68.3 Å². The highest BCUT2D eigenvalue weighted by Crippen LogP contribution is 2.31. The van der Waals surface area contributed by atoms with Crippen LogP contribution >= 0.6 is 0 Å². The monoisotopic (exact) mass is 445 g/mol. The number of imidazole rings is 1. The molecule has 5 nitrogen and oxygen atoms in total. The Kier molecular flexibility index (Phi) is 7.17. The number of carbonyl (C=O) groups excluding carboxylic acids is 1. The molecule has 1 atom stereocenters. The van der Waals surface area contributed by atoms with E-state index < -0.39 is 0 Å². The van der Waals surface area contributed by atoms with Crippen LogP contribution in [0.2, 0.25) is 0 Å². The van der Waals surface area contributed by atoms with Crippen molar-refractivity contribution in [2.24, 2.45) is 0 Å². The molecule has 2 aromatic carbocycles. The fourth-order valence-corrected chi connectivity index (χ4v) is 4.72. The maximum Gasteiger partial charge on any atom is 0.223 e. The van der Waals surface area contributed by atoms with Crippen LogP contribution in [0.4, 0.5) is 0 Å². The largest absolute Gasteiger partial charge is 0.493 e. The van der Waals surface area contributed by atoms with Crippen LogP contribution in [0.5, 0.6) is 5.75 Å². The normalized spacial score (nSPS) is 16.2. The summed E-state index contributed by atoms with van der Waals surface area (Å²) in [6.07, 6.45) is 4.27. The van der Waals surface area contributed by atoms with Gasteiger partial charge in [-0.05, 0) is 55.0 Å². The number of unbranched alkanes of at least 4 members (excludes halogenated alkanes) is 1. The summed E-state index contributed by atoms with van der Waals surface area (Å²) in [4.78, 5) is 19.2. The minimum atomic E-state index is 0.127. The number of ether oxygens (including phenoxy) is 1. The number of likely N-dealkylation sites (tertiary alicyclic amines) is 1. The van der Waals surface area contributed by atoms with Crippen LogP contribution in [-0.4, -0.2) is 40.1 Å². The van der Waals surface area contributed by atoms with Crippen LogP contribution in [0, 0.1) is 6.92 Å². The molecule has 0 saturated carbocycles. The molecule has 4 rings (SSSR count). The number of aromatic nitrogens is 2. The predicted octanol–water partition coefficient (Wildman–Crippen LogP) is 5.83. The van der Waals surface area contributed by atoms with Crippen LogP contribution in [0.3, 0.4) is 0 Å². The number of hydrogen-bond acceptors (Lipinski definition) is 3. The lowest BCUT2D eigenvalue weighted by Gasteiger charge is -2.16. The van der Waals surface area contributed by atoms with Crippen molar-refractivity contribution in [2.75, 3.05) is 19.7 Å². The van der Waals surface area contributed by atoms with Gasteiger partial charge in [-0.15, -0.1) is 6.58 Å². The third-order valence-electron chi connectivity index (χ3n) is 6.44. The highest BCUT2D eigenvalue weighted by atomic mass is 16.5. The standard InChI is InChI=1S/C28H35N3O2/c1-5-14-30-19-22(18-27(30)32)28-29-24-10-6-7-11-25(24)31(28)15-8-9-16-33-26-17-21(4)12-13-23(26)20(2)3/h5-7,10-13,17,20,22H,1,8-9,14-16,18-19H2,2-4H3. The molecule has 0 spiro atoms. The van der Waals surface area contributed by atoms with Crippen LogP contribution in [0.25, 0.3) is 11.0 Å². The first kappa shape index (κ1) is 23.1. The number of fused-ring (bicyclic) bond motifs is 1. The molecule has 0 N–H and O–H groups in total. The van der Waals surface area contributed by atoms with Crippen LogP contribution in [0.1, 0.15) is 61.9 Å². The highest BCUT2D eigenvalue weighted by Gasteiger charge is 2.33. The number of benzene rings is 2. The van der Waals surface area contributed by atoms with Crippen LogP contribution in [0.15, 0.2) is 55.1 Å². The molecule has 1 fully saturated rings. The maximum absolute atomic E-state index is 12.4. The van der Waals surface area contributed by atoms with Gasteiger partial charge in [0.1, 0.15) is 11.6 Å². The highest BCUT2D eigenvalue weighted by molar-refractivity contribution is 5.81. The van der Waals surface area contributed by atoms with Gasteiger partial charge in [0.05, 0.1) is 17.6 Å². The van der Waals surface area contributed by atoms with E-state index in [9.17, 15) is 4.79 Å². The summed E-state index contributed by atoms with van der Waals surface area (Å²) < 4.78 is 8.50. The van der Waals surface area contributed by atoms with Gasteiger partial charge < -0.3 is 14.2 Å². The van der Waals surface area contributed by atoms with E-state index in [4.69, 9.17) is 9.72 Å². The number of hydrogen-bond donors (Lipinski definition) is 0. The average Bonchev–Trinajstić information content (AvgIpc) is 3.34. The Balaban J connectivity index is 1.43. The molecule has 1 aliphatic heterocycles. The lowest BCUT2D eigenvalue weighted by atomic mass is 10.0. The maximum atomic E-state index is 12.4. The molecule has 1 amide bonds. The van der Waals surface area contributed by atoms with Gasteiger partial charge >= 0.3 is 0 Å². The molecule has 3 aromatic rings. The first-order valence-corrected chi connectivity index (χ1v) is 12.0. The van der Waals surface area contributed by atoms with Crippen LogP contribution in [-0.2, 0) is 11.3 Å². The van der Waals surface area contributed by atoms with E-state index in [1.807, 2.05) is 11.0 Å². The lowest BCUT2D eigenvalue weighted by Crippen LogP contribution is -2.25. The van der Waals surface area contributed by atoms with Gasteiger partial charge in [0, 0.05) is 32.0 Å². The zero-order valence-corrected chi connectivity index (χ0v) is 20.1. The zero-order valence-electron chi connectivity index (χ0n) is 20.1. The van der Waals surface area contributed by atoms with Crippen molar-refractivity contribution in [2.45, 2.75) is 58.4 Å². The fourth-order valence-electron chi connectivity index (χ4n) is 4.72. The van der Waals surface area contributed by atoms with E-state index in [-0.39, 0.29) is 11.8 Å². The van der Waals surface area contributed by atoms with E-state index in [0.717, 1.165) is 42.0 Å². The summed E-state index contributed by atoms with van der Waals surface area (Å²) in [6, 6.07) is 14.7. The van der Waals surface area contributed by atoms with Crippen molar-refractivity contribution in [3.8, 4) is 5.75 Å². The summed E-state index contributed by atoms with van der Waals surface area (Å²) in [5.41, 5.74) is 4.63. The van der Waals surface area contributed by atoms with Gasteiger partial charge in [0.2, 0.25) is 5.91 Å². The summed E-state index contributed by atoms with van der Waals surface area (Å²) >= 11 is 0. The number of nitrogens with zero attached hydrogens (tertiary/aromatic N) is 3. The quantitative estimate of drug-likeness (QED) is 0.291. The number of carbonyl (C=O) groups is 1. The van der Waals surface area contributed by atoms with Gasteiger partial charge in [-0.3, -0.25) is 4.79 Å². The van der Waals surface area contributed by atoms with Crippen molar-refractivity contribution >= 4 is 16.9 Å². The number of para-hydroxylation sites is 2. The van der Waals surface area contributed by atoms with Crippen molar-refractivity contribution in [3.05, 3.63) is 72.1 Å². The van der Waals surface area contributed by atoms with E-state index in [1.165, 1.54) is 11.1 Å². The summed E-state index contributed by atoms with van der Waals surface area (Å²) in [6.45, 7) is 13.2. The summed E-state index contributed by atoms with van der Waals surface area (Å²) in [5, 5.41) is 0. The van der Waals surface area contributed by atoms with E-state index in [1.54, 1.807) is 6.08 Å². The first-order chi connectivity index (χ1) is 16.0. The third kappa shape index (κ3) is 5.13. The van der Waals surface area contributed by atoms with Crippen molar-refractivity contribution < 1.29 is 9.53 Å². The Morgan fingerprint density at radius 2 is 2.03 bits per heavy atom. The molecule has 1 aromatic heterocycles. The Morgan fingerprint density at radius 1 is 1.21 bits per heavy atom. The molecule has 0 aliphatic carbocycles. The minimum absolute atomic E-state index is 0.127. The smallest absolute Gasteiger partial charge is 0.223 e. The Morgan fingerprint density at radius 3 is 2.82 bits per heavy atom. The topological polar surface area (TPSA) is 47.4 Å². The number of aryl methyl sites for hydroxylation is 2. The fraction of sp³-hybridized carbons (Fsp3) is 0.429. The molecule has 0 bridgehead atoms. The molecule has 1 saturated heterocycles. The molecule has 1 unspecified atom stereocenters. The third-order valence-corrected chi connectivity index (χ3v) is 6.44. The Labute approximate surface area is 197 Å². The second kappa shape index (κ2) is 10.2. The van der Waals surface area contributed by atoms with E-state index >= 15 is 0 Å². The van der Waals surface area contributed by atoms with Crippen LogP contribution < -0.4 is 4.74 Å². The second-order valence-corrected chi connectivity index (χ2v) is 9.35. The number of rotatable bonds is 10. The molecule has 1 aliphatic rings. The first-order valence-electron chi connectivity index (χ1n) is 12.0. The zero-order chi connectivity index (χ0) is 23.4. The molecular formula is C28H35N3O2. The Bertz CT molecular complexity index is 1130. The molecular weight excluding hydrogens is 410 g/mol. The summed E-state index contributed by atoms with van der Waals surface area (Å²) in [7, 11) is 0. The van der Waals surface area contributed by atoms with Crippen molar-refractivity contribution in [1.29, 1.82) is 0 Å². The van der Waals surface area contributed by atoms with E-state index in [0.29, 0.717) is 32.0 Å². The van der Waals surface area contributed by atoms with Gasteiger partial charge in [-0.25, -0.2) is 4.98 Å². The van der Waals surface area contributed by atoms with Crippen molar-refractivity contribution in [1.82, 2.24) is 14.5 Å². The van der Waals surface area contributed by atoms with Gasteiger partial charge in [-0.2, -0.15) is 0 Å². The Hall–Kier alpha value is -3.08.